The summed E-state index contributed by atoms with van der Waals surface area (Å²) >= 11 is 0. The van der Waals surface area contributed by atoms with Gasteiger partial charge < -0.3 is 4.74 Å². The van der Waals surface area contributed by atoms with Crippen LogP contribution in [0.2, 0.25) is 0 Å². The topological polar surface area (TPSA) is 81.8 Å². The van der Waals surface area contributed by atoms with Crippen LogP contribution in [0.5, 0.6) is 0 Å². The van der Waals surface area contributed by atoms with Crippen LogP contribution in [-0.2, 0) is 16.0 Å². The van der Waals surface area contributed by atoms with Gasteiger partial charge in [0.15, 0.2) is 5.70 Å². The van der Waals surface area contributed by atoms with Crippen molar-refractivity contribution in [1.29, 1.82) is 0 Å². The highest BCUT2D eigenvalue weighted by molar-refractivity contribution is 6.07. The van der Waals surface area contributed by atoms with Gasteiger partial charge in [-0.05, 0) is 17.2 Å². The Balaban J connectivity index is 1.83. The van der Waals surface area contributed by atoms with Crippen molar-refractivity contribution in [2.45, 2.75) is 6.42 Å². The zero-order valence-electron chi connectivity index (χ0n) is 12.0. The Morgan fingerprint density at radius 1 is 1.13 bits per heavy atom. The smallest absolute Gasteiger partial charge is 0.363 e. The highest BCUT2D eigenvalue weighted by Gasteiger charge is 2.23. The molecule has 0 amide bonds. The van der Waals surface area contributed by atoms with Crippen molar-refractivity contribution in [1.82, 2.24) is 0 Å². The lowest BCUT2D eigenvalue weighted by atomic mass is 10.1. The summed E-state index contributed by atoms with van der Waals surface area (Å²) in [6.45, 7) is 0. The number of carbonyl (C=O) groups is 1. The fourth-order valence-corrected chi connectivity index (χ4v) is 2.19. The van der Waals surface area contributed by atoms with E-state index in [4.69, 9.17) is 4.74 Å². The summed E-state index contributed by atoms with van der Waals surface area (Å²) in [5.74, 6) is -0.236. The Bertz CT molecular complexity index is 825. The number of aliphatic imine (C=N–C) groups is 1. The third-order valence-electron chi connectivity index (χ3n) is 3.25. The summed E-state index contributed by atoms with van der Waals surface area (Å²) in [5.41, 5.74) is 1.60. The van der Waals surface area contributed by atoms with E-state index in [-0.39, 0.29) is 11.4 Å². The van der Waals surface area contributed by atoms with E-state index in [0.717, 1.165) is 5.56 Å². The van der Waals surface area contributed by atoms with Crippen molar-refractivity contribution in [2.24, 2.45) is 4.99 Å². The third-order valence-corrected chi connectivity index (χ3v) is 3.25. The Morgan fingerprint density at radius 3 is 2.65 bits per heavy atom. The molecule has 0 bridgehead atoms. The molecule has 114 valence electrons. The summed E-state index contributed by atoms with van der Waals surface area (Å²) in [6, 6.07) is 15.5. The molecule has 1 heterocycles. The second kappa shape index (κ2) is 6.23. The Hall–Kier alpha value is -3.28. The molecular weight excluding hydrogens is 296 g/mol. The Labute approximate surface area is 131 Å². The van der Waals surface area contributed by atoms with Gasteiger partial charge in [-0.3, -0.25) is 10.1 Å². The molecular formula is C17H12N2O4. The Morgan fingerprint density at radius 2 is 1.91 bits per heavy atom. The molecule has 0 atom stereocenters. The molecule has 2 aromatic carbocycles. The van der Waals surface area contributed by atoms with Crippen LogP contribution in [0, 0.1) is 10.1 Å². The summed E-state index contributed by atoms with van der Waals surface area (Å²) < 4.78 is 5.14. The monoisotopic (exact) mass is 308 g/mol. The fourth-order valence-electron chi connectivity index (χ4n) is 2.19. The van der Waals surface area contributed by atoms with Crippen LogP contribution in [0.25, 0.3) is 6.08 Å². The van der Waals surface area contributed by atoms with Gasteiger partial charge in [0.25, 0.3) is 5.69 Å². The molecule has 1 aliphatic heterocycles. The zero-order valence-corrected chi connectivity index (χ0v) is 12.0. The van der Waals surface area contributed by atoms with Crippen LogP contribution in [0.15, 0.2) is 65.3 Å². The maximum absolute atomic E-state index is 11.9. The standard InChI is InChI=1S/C17H12N2O4/c20-17-15(10-13-7-4-8-14(9-13)19(21)22)18-16(23-17)11-12-5-2-1-3-6-12/h1-10H,11H2/b15-10+. The average Bonchev–Trinajstić information content (AvgIpc) is 2.88. The maximum atomic E-state index is 11.9. The number of hydrogen-bond acceptors (Lipinski definition) is 5. The second-order valence-corrected chi connectivity index (χ2v) is 4.94. The summed E-state index contributed by atoms with van der Waals surface area (Å²) in [5, 5.41) is 10.8. The van der Waals surface area contributed by atoms with Crippen molar-refractivity contribution in [2.75, 3.05) is 0 Å². The zero-order chi connectivity index (χ0) is 16.2. The SMILES string of the molecule is O=C1OC(Cc2ccccc2)=N/C1=C/c1cccc([N+](=O)[O-])c1. The van der Waals surface area contributed by atoms with Gasteiger partial charge in [-0.15, -0.1) is 0 Å². The van der Waals surface area contributed by atoms with E-state index < -0.39 is 10.9 Å². The number of rotatable bonds is 4. The minimum Gasteiger partial charge on any atom is -0.406 e. The number of nitro benzene ring substituents is 1. The number of nitro groups is 1. The lowest BCUT2D eigenvalue weighted by molar-refractivity contribution is -0.384. The van der Waals surface area contributed by atoms with Crippen molar-refractivity contribution in [3.05, 3.63) is 81.5 Å². The van der Waals surface area contributed by atoms with Gasteiger partial charge in [0.05, 0.1) is 4.92 Å². The number of ether oxygens (including phenoxy) is 1. The van der Waals surface area contributed by atoms with E-state index in [2.05, 4.69) is 4.99 Å². The molecule has 2 aromatic rings. The molecule has 0 fully saturated rings. The van der Waals surface area contributed by atoms with Gasteiger partial charge in [-0.25, -0.2) is 9.79 Å². The largest absolute Gasteiger partial charge is 0.406 e. The Kier molecular flexibility index (Phi) is 3.97. The molecule has 23 heavy (non-hydrogen) atoms. The van der Waals surface area contributed by atoms with E-state index in [1.165, 1.54) is 18.2 Å². The van der Waals surface area contributed by atoms with Gasteiger partial charge in [-0.2, -0.15) is 0 Å². The molecule has 0 N–H and O–H groups in total. The number of cyclic esters (lactones) is 1. The molecule has 0 aromatic heterocycles. The molecule has 0 spiro atoms. The van der Waals surface area contributed by atoms with Crippen LogP contribution >= 0.6 is 0 Å². The molecule has 0 saturated carbocycles. The van der Waals surface area contributed by atoms with Crippen LogP contribution in [0.4, 0.5) is 5.69 Å². The minimum absolute atomic E-state index is 0.0424. The van der Waals surface area contributed by atoms with Crippen molar-refractivity contribution in [3.63, 3.8) is 0 Å². The van der Waals surface area contributed by atoms with Crippen LogP contribution in [0.3, 0.4) is 0 Å². The summed E-state index contributed by atoms with van der Waals surface area (Å²) in [4.78, 5) is 26.3. The van der Waals surface area contributed by atoms with E-state index in [9.17, 15) is 14.9 Å². The van der Waals surface area contributed by atoms with Crippen molar-refractivity contribution >= 4 is 23.6 Å². The minimum atomic E-state index is -0.553. The lowest BCUT2D eigenvalue weighted by Crippen LogP contribution is -2.06. The summed E-state index contributed by atoms with van der Waals surface area (Å²) in [6.07, 6.45) is 1.90. The van der Waals surface area contributed by atoms with Crippen LogP contribution < -0.4 is 0 Å². The van der Waals surface area contributed by atoms with Gasteiger partial charge in [-0.1, -0.05) is 42.5 Å². The second-order valence-electron chi connectivity index (χ2n) is 4.94. The number of benzene rings is 2. The van der Waals surface area contributed by atoms with Crippen molar-refractivity contribution < 1.29 is 14.5 Å². The van der Waals surface area contributed by atoms with Gasteiger partial charge in [0.2, 0.25) is 5.90 Å². The first-order valence-corrected chi connectivity index (χ1v) is 6.91. The predicted molar refractivity (Wildman–Crippen MR) is 84.7 cm³/mol. The molecule has 0 aliphatic carbocycles. The highest BCUT2D eigenvalue weighted by atomic mass is 16.6. The molecule has 1 aliphatic rings. The number of hydrogen-bond donors (Lipinski definition) is 0. The molecule has 6 nitrogen and oxygen atoms in total. The molecule has 3 rings (SSSR count). The fraction of sp³-hybridized carbons (Fsp3) is 0.0588. The predicted octanol–water partition coefficient (Wildman–Crippen LogP) is 3.13. The number of non-ortho nitro benzene ring substituents is 1. The quantitative estimate of drug-likeness (QED) is 0.376. The van der Waals surface area contributed by atoms with E-state index >= 15 is 0 Å². The average molecular weight is 308 g/mol. The third kappa shape index (κ3) is 3.49. The molecule has 0 radical (unpaired) electrons. The highest BCUT2D eigenvalue weighted by Crippen LogP contribution is 2.20. The normalized spacial score (nSPS) is 15.4. The van der Waals surface area contributed by atoms with Gasteiger partial charge in [0, 0.05) is 18.6 Å². The first-order valence-electron chi connectivity index (χ1n) is 6.91. The molecule has 0 saturated heterocycles. The first-order chi connectivity index (χ1) is 11.1. The van der Waals surface area contributed by atoms with Gasteiger partial charge >= 0.3 is 5.97 Å². The van der Waals surface area contributed by atoms with Crippen LogP contribution in [0.1, 0.15) is 11.1 Å². The number of esters is 1. The first kappa shape index (κ1) is 14.6. The van der Waals surface area contributed by atoms with Crippen LogP contribution in [-0.4, -0.2) is 16.8 Å². The molecule has 0 unspecified atom stereocenters. The summed E-state index contributed by atoms with van der Waals surface area (Å²) in [7, 11) is 0. The molecule has 6 heteroatoms. The van der Waals surface area contributed by atoms with E-state index in [1.807, 2.05) is 30.3 Å². The maximum Gasteiger partial charge on any atom is 0.363 e. The lowest BCUT2D eigenvalue weighted by Gasteiger charge is -1.98. The van der Waals surface area contributed by atoms with E-state index in [0.29, 0.717) is 17.9 Å². The number of carbonyl (C=O) groups excluding carboxylic acids is 1. The van der Waals surface area contributed by atoms with E-state index in [1.54, 1.807) is 12.1 Å². The number of nitrogens with zero attached hydrogens (tertiary/aromatic N) is 2. The van der Waals surface area contributed by atoms with Gasteiger partial charge in [0.1, 0.15) is 0 Å². The van der Waals surface area contributed by atoms with Crippen molar-refractivity contribution in [3.8, 4) is 0 Å².